The third-order valence-corrected chi connectivity index (χ3v) is 3.38. The Bertz CT molecular complexity index is 404. The number of hydrogen-bond acceptors (Lipinski definition) is 2. The molecule has 0 saturated heterocycles. The molecular weight excluding hydrogens is 238 g/mol. The summed E-state index contributed by atoms with van der Waals surface area (Å²) < 4.78 is 0. The van der Waals surface area contributed by atoms with Crippen molar-refractivity contribution >= 4 is 17.6 Å². The number of carbonyl (C=O) groups is 1. The molecule has 1 N–H and O–H groups in total. The van der Waals surface area contributed by atoms with E-state index in [9.17, 15) is 9.90 Å². The maximum absolute atomic E-state index is 11.2. The Morgan fingerprint density at radius 1 is 1.41 bits per heavy atom. The highest BCUT2D eigenvalue weighted by Crippen LogP contribution is 2.22. The molecule has 0 unspecified atom stereocenters. The SMILES string of the molecule is CCN(Cc1ccccc1Cl)C(C)(C)C(=O)O. The highest BCUT2D eigenvalue weighted by atomic mass is 35.5. The number of likely N-dealkylation sites (N-methyl/N-ethyl adjacent to an activating group) is 1. The molecule has 0 saturated carbocycles. The fourth-order valence-electron chi connectivity index (χ4n) is 1.67. The Kier molecular flexibility index (Phi) is 4.54. The maximum Gasteiger partial charge on any atom is 0.323 e. The average Bonchev–Trinajstić information content (AvgIpc) is 2.27. The molecule has 4 heteroatoms. The predicted molar refractivity (Wildman–Crippen MR) is 69.3 cm³/mol. The van der Waals surface area contributed by atoms with Crippen LogP contribution < -0.4 is 0 Å². The van der Waals surface area contributed by atoms with E-state index >= 15 is 0 Å². The fraction of sp³-hybridized carbons (Fsp3) is 0.462. The highest BCUT2D eigenvalue weighted by molar-refractivity contribution is 6.31. The van der Waals surface area contributed by atoms with Gasteiger partial charge in [-0.1, -0.05) is 36.7 Å². The van der Waals surface area contributed by atoms with Crippen LogP contribution in [0.5, 0.6) is 0 Å². The van der Waals surface area contributed by atoms with Crippen LogP contribution >= 0.6 is 11.6 Å². The van der Waals surface area contributed by atoms with Crippen molar-refractivity contribution in [2.45, 2.75) is 32.9 Å². The first-order valence-corrected chi connectivity index (χ1v) is 5.99. The number of benzene rings is 1. The molecule has 0 bridgehead atoms. The summed E-state index contributed by atoms with van der Waals surface area (Å²) in [7, 11) is 0. The van der Waals surface area contributed by atoms with Gasteiger partial charge in [0, 0.05) is 11.6 Å². The number of nitrogens with zero attached hydrogens (tertiary/aromatic N) is 1. The van der Waals surface area contributed by atoms with Crippen molar-refractivity contribution in [2.24, 2.45) is 0 Å². The zero-order chi connectivity index (χ0) is 13.1. The second kappa shape index (κ2) is 5.52. The molecule has 0 spiro atoms. The summed E-state index contributed by atoms with van der Waals surface area (Å²) in [5.74, 6) is -0.827. The van der Waals surface area contributed by atoms with Gasteiger partial charge in [0.25, 0.3) is 0 Å². The van der Waals surface area contributed by atoms with Crippen molar-refractivity contribution in [3.8, 4) is 0 Å². The highest BCUT2D eigenvalue weighted by Gasteiger charge is 2.33. The molecular formula is C13H18ClNO2. The summed E-state index contributed by atoms with van der Waals surface area (Å²) in [4.78, 5) is 13.1. The van der Waals surface area contributed by atoms with E-state index in [1.54, 1.807) is 13.8 Å². The van der Waals surface area contributed by atoms with E-state index in [0.29, 0.717) is 18.1 Å². The van der Waals surface area contributed by atoms with Crippen molar-refractivity contribution in [3.63, 3.8) is 0 Å². The first-order valence-electron chi connectivity index (χ1n) is 5.61. The minimum atomic E-state index is -0.895. The zero-order valence-corrected chi connectivity index (χ0v) is 11.2. The predicted octanol–water partition coefficient (Wildman–Crippen LogP) is 3.03. The van der Waals surface area contributed by atoms with E-state index in [1.165, 1.54) is 0 Å². The standard InChI is InChI=1S/C13H18ClNO2/c1-4-15(13(2,3)12(16)17)9-10-7-5-6-8-11(10)14/h5-8H,4,9H2,1-3H3,(H,16,17). The van der Waals surface area contributed by atoms with Gasteiger partial charge in [-0.25, -0.2) is 0 Å². The first-order chi connectivity index (χ1) is 7.89. The van der Waals surface area contributed by atoms with E-state index in [1.807, 2.05) is 36.1 Å². The van der Waals surface area contributed by atoms with Crippen LogP contribution in [0.2, 0.25) is 5.02 Å². The molecule has 0 amide bonds. The van der Waals surface area contributed by atoms with Crippen molar-refractivity contribution in [2.75, 3.05) is 6.54 Å². The smallest absolute Gasteiger partial charge is 0.323 e. The van der Waals surface area contributed by atoms with Crippen molar-refractivity contribution in [3.05, 3.63) is 34.9 Å². The molecule has 0 heterocycles. The van der Waals surface area contributed by atoms with E-state index in [2.05, 4.69) is 0 Å². The number of hydrogen-bond donors (Lipinski definition) is 1. The second-order valence-electron chi connectivity index (χ2n) is 4.47. The molecule has 0 aliphatic carbocycles. The van der Waals surface area contributed by atoms with Gasteiger partial charge in [0.15, 0.2) is 0 Å². The average molecular weight is 256 g/mol. The fourth-order valence-corrected chi connectivity index (χ4v) is 1.87. The van der Waals surface area contributed by atoms with Gasteiger partial charge in [0.05, 0.1) is 0 Å². The minimum absolute atomic E-state index is 0.537. The van der Waals surface area contributed by atoms with Crippen molar-refractivity contribution < 1.29 is 9.90 Å². The number of aliphatic carboxylic acids is 1. The van der Waals surface area contributed by atoms with Gasteiger partial charge in [-0.15, -0.1) is 0 Å². The first kappa shape index (κ1) is 14.0. The summed E-state index contributed by atoms with van der Waals surface area (Å²) in [5.41, 5.74) is 0.0545. The molecule has 1 aromatic carbocycles. The summed E-state index contributed by atoms with van der Waals surface area (Å²) in [5, 5.41) is 9.89. The van der Waals surface area contributed by atoms with E-state index in [4.69, 9.17) is 11.6 Å². The molecule has 17 heavy (non-hydrogen) atoms. The maximum atomic E-state index is 11.2. The van der Waals surface area contributed by atoms with Crippen molar-refractivity contribution in [1.29, 1.82) is 0 Å². The lowest BCUT2D eigenvalue weighted by Crippen LogP contribution is -2.49. The summed E-state index contributed by atoms with van der Waals surface area (Å²) in [6.45, 7) is 6.55. The van der Waals surface area contributed by atoms with Crippen LogP contribution in [-0.2, 0) is 11.3 Å². The largest absolute Gasteiger partial charge is 0.480 e. The Morgan fingerprint density at radius 2 is 2.00 bits per heavy atom. The molecule has 1 rings (SSSR count). The van der Waals surface area contributed by atoms with Crippen LogP contribution in [0.4, 0.5) is 0 Å². The quantitative estimate of drug-likeness (QED) is 0.879. The van der Waals surface area contributed by atoms with E-state index < -0.39 is 11.5 Å². The Balaban J connectivity index is 2.92. The van der Waals surface area contributed by atoms with Crippen molar-refractivity contribution in [1.82, 2.24) is 4.90 Å². The van der Waals surface area contributed by atoms with Gasteiger partial charge in [-0.05, 0) is 32.0 Å². The van der Waals surface area contributed by atoms with E-state index in [-0.39, 0.29) is 0 Å². The lowest BCUT2D eigenvalue weighted by Gasteiger charge is -2.34. The molecule has 3 nitrogen and oxygen atoms in total. The van der Waals surface area contributed by atoms with Gasteiger partial charge >= 0.3 is 5.97 Å². The lowest BCUT2D eigenvalue weighted by atomic mass is 10.0. The molecule has 94 valence electrons. The van der Waals surface area contributed by atoms with Gasteiger partial charge in [0.1, 0.15) is 5.54 Å². The zero-order valence-electron chi connectivity index (χ0n) is 10.4. The van der Waals surface area contributed by atoms with Crippen LogP contribution in [0.25, 0.3) is 0 Å². The molecule has 0 fully saturated rings. The number of halogens is 1. The van der Waals surface area contributed by atoms with Gasteiger partial charge in [-0.3, -0.25) is 9.69 Å². The third kappa shape index (κ3) is 3.20. The number of carboxylic acid groups (broad SMARTS) is 1. The summed E-state index contributed by atoms with van der Waals surface area (Å²) >= 11 is 6.08. The summed E-state index contributed by atoms with van der Waals surface area (Å²) in [6.07, 6.45) is 0. The van der Waals surface area contributed by atoms with Gasteiger partial charge < -0.3 is 5.11 Å². The van der Waals surface area contributed by atoms with Crippen LogP contribution in [-0.4, -0.2) is 28.1 Å². The third-order valence-electron chi connectivity index (χ3n) is 3.01. The monoisotopic (exact) mass is 255 g/mol. The second-order valence-corrected chi connectivity index (χ2v) is 4.88. The Labute approximate surface area is 107 Å². The van der Waals surface area contributed by atoms with Crippen LogP contribution in [0.1, 0.15) is 26.3 Å². The number of carboxylic acids is 1. The molecule has 0 radical (unpaired) electrons. The van der Waals surface area contributed by atoms with Crippen LogP contribution in [0, 0.1) is 0 Å². The molecule has 0 atom stereocenters. The molecule has 0 aliphatic heterocycles. The van der Waals surface area contributed by atoms with Gasteiger partial charge in [0.2, 0.25) is 0 Å². The molecule has 1 aromatic rings. The Hall–Kier alpha value is -1.06. The molecule has 0 aliphatic rings. The van der Waals surface area contributed by atoms with Gasteiger partial charge in [-0.2, -0.15) is 0 Å². The topological polar surface area (TPSA) is 40.5 Å². The van der Waals surface area contributed by atoms with E-state index in [0.717, 1.165) is 5.56 Å². The minimum Gasteiger partial charge on any atom is -0.480 e. The Morgan fingerprint density at radius 3 is 2.47 bits per heavy atom. The molecule has 0 aromatic heterocycles. The lowest BCUT2D eigenvalue weighted by molar-refractivity contribution is -0.149. The normalized spacial score (nSPS) is 11.8. The van der Waals surface area contributed by atoms with Crippen LogP contribution in [0.3, 0.4) is 0 Å². The number of rotatable bonds is 5. The summed E-state index contributed by atoms with van der Waals surface area (Å²) in [6, 6.07) is 7.51. The van der Waals surface area contributed by atoms with Crippen LogP contribution in [0.15, 0.2) is 24.3 Å².